The van der Waals surface area contributed by atoms with Crippen LogP contribution in [0, 0.1) is 35.5 Å². The molecular formula is C25H21ClN2O3. The van der Waals surface area contributed by atoms with Gasteiger partial charge in [-0.2, -0.15) is 10.1 Å². The second-order valence-electron chi connectivity index (χ2n) is 8.88. The van der Waals surface area contributed by atoms with Crippen molar-refractivity contribution in [2.75, 3.05) is 0 Å². The second kappa shape index (κ2) is 7.06. The Morgan fingerprint density at radius 3 is 2.35 bits per heavy atom. The Balaban J connectivity index is 1.16. The number of allylic oxidation sites excluding steroid dienone is 2. The van der Waals surface area contributed by atoms with E-state index in [4.69, 9.17) is 16.3 Å². The van der Waals surface area contributed by atoms with Gasteiger partial charge in [-0.25, -0.2) is 0 Å². The molecule has 2 amide bonds. The number of hydrogen-bond acceptors (Lipinski definition) is 4. The van der Waals surface area contributed by atoms with E-state index in [1.807, 2.05) is 48.5 Å². The lowest BCUT2D eigenvalue weighted by Gasteiger charge is -2.37. The zero-order valence-corrected chi connectivity index (χ0v) is 17.5. The normalized spacial score (nSPS) is 32.5. The standard InChI is InChI=1S/C25H21ClN2O3/c26-16-6-4-14(5-7-16)13-31-17-3-1-2-15(10-17)12-27-28-24(29)22-18-8-9-19(21-11-20(18)21)23(22)25(28)30/h1-10,12,18-23H,11,13H2/b27-12-/t18-,19-,20-,21-,22-,23+/m0/s1. The van der Waals surface area contributed by atoms with Crippen LogP contribution >= 0.6 is 11.6 Å². The minimum atomic E-state index is -0.225. The molecule has 0 radical (unpaired) electrons. The van der Waals surface area contributed by atoms with Gasteiger partial charge in [-0.15, -0.1) is 0 Å². The molecule has 1 aliphatic heterocycles. The highest BCUT2D eigenvalue weighted by Crippen LogP contribution is 2.65. The number of halogens is 1. The largest absolute Gasteiger partial charge is 0.489 e. The molecule has 2 bridgehead atoms. The van der Waals surface area contributed by atoms with E-state index in [2.05, 4.69) is 17.3 Å². The maximum atomic E-state index is 13.0. The highest BCUT2D eigenvalue weighted by Gasteiger charge is 2.67. The van der Waals surface area contributed by atoms with Crippen molar-refractivity contribution in [1.29, 1.82) is 0 Å². The molecule has 4 aliphatic carbocycles. The quantitative estimate of drug-likeness (QED) is 0.402. The minimum absolute atomic E-state index is 0.147. The SMILES string of the molecule is O=C1[C@@H]2[C@H]3C=C[C@@H]([C@@H]4C[C@@H]34)[C@@H]2C(=O)N1/N=C\c1cccc(OCc2ccc(Cl)cc2)c1. The second-order valence-corrected chi connectivity index (χ2v) is 9.31. The van der Waals surface area contributed by atoms with Crippen molar-refractivity contribution in [3.8, 4) is 5.75 Å². The number of imide groups is 1. The number of hydrazone groups is 1. The summed E-state index contributed by atoms with van der Waals surface area (Å²) in [5, 5.41) is 6.09. The van der Waals surface area contributed by atoms with Crippen LogP contribution in [0.2, 0.25) is 5.02 Å². The van der Waals surface area contributed by atoms with Crippen LogP contribution in [-0.4, -0.2) is 23.0 Å². The first-order valence-electron chi connectivity index (χ1n) is 10.7. The number of rotatable bonds is 5. The van der Waals surface area contributed by atoms with Crippen LogP contribution < -0.4 is 4.74 Å². The van der Waals surface area contributed by atoms with E-state index < -0.39 is 0 Å². The minimum Gasteiger partial charge on any atom is -0.489 e. The third-order valence-corrected chi connectivity index (χ3v) is 7.39. The maximum Gasteiger partial charge on any atom is 0.254 e. The summed E-state index contributed by atoms with van der Waals surface area (Å²) >= 11 is 5.92. The molecule has 0 N–H and O–H groups in total. The summed E-state index contributed by atoms with van der Waals surface area (Å²) in [5.41, 5.74) is 1.79. The fraction of sp³-hybridized carbons (Fsp3) is 0.320. The molecule has 0 aromatic heterocycles. The van der Waals surface area contributed by atoms with Crippen LogP contribution in [0.15, 0.2) is 65.8 Å². The summed E-state index contributed by atoms with van der Waals surface area (Å²) in [6, 6.07) is 14.9. The first kappa shape index (κ1) is 18.8. The van der Waals surface area contributed by atoms with Gasteiger partial charge in [0, 0.05) is 5.02 Å². The van der Waals surface area contributed by atoms with Crippen LogP contribution in [0.3, 0.4) is 0 Å². The van der Waals surface area contributed by atoms with Crippen molar-refractivity contribution < 1.29 is 14.3 Å². The smallest absolute Gasteiger partial charge is 0.254 e. The fourth-order valence-electron chi connectivity index (χ4n) is 5.61. The molecule has 2 aromatic rings. The van der Waals surface area contributed by atoms with Crippen molar-refractivity contribution in [3.05, 3.63) is 76.8 Å². The third kappa shape index (κ3) is 3.10. The van der Waals surface area contributed by atoms with Crippen LogP contribution in [0.5, 0.6) is 5.75 Å². The Morgan fingerprint density at radius 2 is 1.68 bits per heavy atom. The van der Waals surface area contributed by atoms with Gasteiger partial charge >= 0.3 is 0 Å². The lowest BCUT2D eigenvalue weighted by Crippen LogP contribution is -2.40. The number of carbonyl (C=O) groups is 2. The van der Waals surface area contributed by atoms with E-state index in [0.717, 1.165) is 22.6 Å². The number of benzene rings is 2. The van der Waals surface area contributed by atoms with Gasteiger partial charge in [-0.05, 0) is 65.5 Å². The lowest BCUT2D eigenvalue weighted by molar-refractivity contribution is -0.140. The van der Waals surface area contributed by atoms with Gasteiger partial charge in [-0.1, -0.05) is 48.0 Å². The molecule has 5 aliphatic rings. The number of ether oxygens (including phenoxy) is 1. The average Bonchev–Trinajstić information content (AvgIpc) is 3.57. The highest BCUT2D eigenvalue weighted by molar-refractivity contribution is 6.30. The van der Waals surface area contributed by atoms with Gasteiger partial charge in [0.2, 0.25) is 0 Å². The van der Waals surface area contributed by atoms with Crippen LogP contribution in [-0.2, 0) is 16.2 Å². The first-order chi connectivity index (χ1) is 15.1. The van der Waals surface area contributed by atoms with Crippen molar-refractivity contribution in [2.45, 2.75) is 13.0 Å². The Morgan fingerprint density at radius 1 is 1.00 bits per heavy atom. The van der Waals surface area contributed by atoms with Gasteiger partial charge < -0.3 is 4.74 Å². The molecule has 5 nitrogen and oxygen atoms in total. The average molecular weight is 433 g/mol. The maximum absolute atomic E-state index is 13.0. The Hall–Kier alpha value is -2.92. The summed E-state index contributed by atoms with van der Waals surface area (Å²) < 4.78 is 5.86. The monoisotopic (exact) mass is 432 g/mol. The molecule has 6 atom stereocenters. The van der Waals surface area contributed by atoms with Crippen LogP contribution in [0.1, 0.15) is 17.5 Å². The van der Waals surface area contributed by atoms with Gasteiger partial charge in [0.15, 0.2) is 0 Å². The van der Waals surface area contributed by atoms with Crippen LogP contribution in [0.25, 0.3) is 0 Å². The van der Waals surface area contributed by atoms with E-state index in [1.165, 1.54) is 0 Å². The summed E-state index contributed by atoms with van der Waals surface area (Å²) in [6.45, 7) is 0.419. The van der Waals surface area contributed by atoms with Crippen molar-refractivity contribution in [1.82, 2.24) is 5.01 Å². The van der Waals surface area contributed by atoms with E-state index in [1.54, 1.807) is 6.21 Å². The number of carbonyl (C=O) groups excluding carboxylic acids is 2. The fourth-order valence-corrected chi connectivity index (χ4v) is 5.74. The van der Waals surface area contributed by atoms with Crippen molar-refractivity contribution >= 4 is 29.6 Å². The molecule has 3 fully saturated rings. The molecule has 0 spiro atoms. The molecule has 1 saturated heterocycles. The van der Waals surface area contributed by atoms with Crippen molar-refractivity contribution in [3.63, 3.8) is 0 Å². The Bertz CT molecular complexity index is 1090. The topological polar surface area (TPSA) is 59.0 Å². The molecule has 1 heterocycles. The molecule has 7 rings (SSSR count). The molecule has 156 valence electrons. The number of amides is 2. The zero-order valence-electron chi connectivity index (χ0n) is 16.7. The molecule has 2 aromatic carbocycles. The van der Waals surface area contributed by atoms with Gasteiger partial charge in [-0.3, -0.25) is 9.59 Å². The van der Waals surface area contributed by atoms with Gasteiger partial charge in [0.05, 0.1) is 18.1 Å². The van der Waals surface area contributed by atoms with E-state index in [-0.39, 0.29) is 35.5 Å². The molecule has 6 heteroatoms. The predicted molar refractivity (Wildman–Crippen MR) is 116 cm³/mol. The summed E-state index contributed by atoms with van der Waals surface area (Å²) in [4.78, 5) is 26.0. The van der Waals surface area contributed by atoms with Crippen molar-refractivity contribution in [2.24, 2.45) is 40.6 Å². The van der Waals surface area contributed by atoms with Gasteiger partial charge in [0.1, 0.15) is 12.4 Å². The van der Waals surface area contributed by atoms with E-state index in [9.17, 15) is 9.59 Å². The molecular weight excluding hydrogens is 412 g/mol. The van der Waals surface area contributed by atoms with E-state index in [0.29, 0.717) is 29.2 Å². The first-order valence-corrected chi connectivity index (χ1v) is 11.1. The summed E-state index contributed by atoms with van der Waals surface area (Å²) in [6.07, 6.45) is 7.06. The lowest BCUT2D eigenvalue weighted by atomic mass is 9.63. The Labute approximate surface area is 185 Å². The van der Waals surface area contributed by atoms with Crippen LogP contribution in [0.4, 0.5) is 0 Å². The van der Waals surface area contributed by atoms with Gasteiger partial charge in [0.25, 0.3) is 11.8 Å². The number of hydrogen-bond donors (Lipinski definition) is 0. The molecule has 0 unspecified atom stereocenters. The molecule has 2 saturated carbocycles. The predicted octanol–water partition coefficient (Wildman–Crippen LogP) is 4.31. The van der Waals surface area contributed by atoms with E-state index >= 15 is 0 Å². The highest BCUT2D eigenvalue weighted by atomic mass is 35.5. The molecule has 31 heavy (non-hydrogen) atoms. The Kier molecular flexibility index (Phi) is 4.29. The zero-order chi connectivity index (χ0) is 21.1. The third-order valence-electron chi connectivity index (χ3n) is 7.14. The summed E-state index contributed by atoms with van der Waals surface area (Å²) in [5.74, 6) is 1.54. The number of nitrogens with zero attached hydrogens (tertiary/aromatic N) is 2. The summed E-state index contributed by atoms with van der Waals surface area (Å²) in [7, 11) is 0.